The van der Waals surface area contributed by atoms with Crippen LogP contribution in [0.25, 0.3) is 0 Å². The van der Waals surface area contributed by atoms with Crippen molar-refractivity contribution < 1.29 is 9.53 Å². The molecule has 1 aromatic heterocycles. The zero-order valence-electron chi connectivity index (χ0n) is 15.5. The molecule has 1 heterocycles. The Hall–Kier alpha value is -2.25. The van der Waals surface area contributed by atoms with Crippen LogP contribution in [0.5, 0.6) is 0 Å². The molecule has 24 heavy (non-hydrogen) atoms. The van der Waals surface area contributed by atoms with Crippen molar-refractivity contribution in [2.75, 3.05) is 29.5 Å². The third-order valence-corrected chi connectivity index (χ3v) is 2.62. The third-order valence-electron chi connectivity index (χ3n) is 2.62. The maximum atomic E-state index is 11.5. The number of alkyl carbamates (subject to hydrolysis) is 1. The molecule has 136 valence electrons. The zero-order chi connectivity index (χ0) is 18.4. The molecule has 0 aliphatic carbocycles. The van der Waals surface area contributed by atoms with Crippen molar-refractivity contribution in [3.05, 3.63) is 6.20 Å². The molecule has 8 heteroatoms. The van der Waals surface area contributed by atoms with Crippen molar-refractivity contribution >= 4 is 23.5 Å². The van der Waals surface area contributed by atoms with Crippen LogP contribution in [0.3, 0.4) is 0 Å². The van der Waals surface area contributed by atoms with Crippen molar-refractivity contribution in [3.8, 4) is 0 Å². The standard InChI is InChI=1S/C16H30N6O2/c1-15(2,3)22-13-20-10-11(17)12(21-13)18-8-7-9-19-14(23)24-16(4,5)6/h10H,7-9,17H2,1-6H3,(H,19,23)(H2,18,20,21,22). The van der Waals surface area contributed by atoms with Gasteiger partial charge in [0.05, 0.1) is 11.9 Å². The first-order chi connectivity index (χ1) is 11.0. The van der Waals surface area contributed by atoms with Crippen molar-refractivity contribution in [3.63, 3.8) is 0 Å². The van der Waals surface area contributed by atoms with E-state index in [1.165, 1.54) is 0 Å². The number of hydrogen-bond donors (Lipinski definition) is 4. The molecular formula is C16H30N6O2. The van der Waals surface area contributed by atoms with Crippen molar-refractivity contribution in [1.82, 2.24) is 15.3 Å². The molecule has 0 aromatic carbocycles. The van der Waals surface area contributed by atoms with E-state index in [-0.39, 0.29) is 5.54 Å². The van der Waals surface area contributed by atoms with Gasteiger partial charge in [-0.3, -0.25) is 0 Å². The summed E-state index contributed by atoms with van der Waals surface area (Å²) < 4.78 is 5.16. The summed E-state index contributed by atoms with van der Waals surface area (Å²) >= 11 is 0. The van der Waals surface area contributed by atoms with Gasteiger partial charge in [-0.2, -0.15) is 4.98 Å². The molecule has 0 aliphatic heterocycles. The number of anilines is 3. The van der Waals surface area contributed by atoms with Crippen LogP contribution in [0, 0.1) is 0 Å². The van der Waals surface area contributed by atoms with Crippen molar-refractivity contribution in [1.29, 1.82) is 0 Å². The Kier molecular flexibility index (Phi) is 6.62. The summed E-state index contributed by atoms with van der Waals surface area (Å²) in [7, 11) is 0. The minimum absolute atomic E-state index is 0.134. The Morgan fingerprint density at radius 1 is 1.21 bits per heavy atom. The molecule has 0 aliphatic rings. The number of hydrogen-bond acceptors (Lipinski definition) is 7. The summed E-state index contributed by atoms with van der Waals surface area (Å²) in [5, 5.41) is 9.05. The van der Waals surface area contributed by atoms with E-state index in [4.69, 9.17) is 10.5 Å². The minimum Gasteiger partial charge on any atom is -0.444 e. The van der Waals surface area contributed by atoms with Crippen LogP contribution in [-0.2, 0) is 4.74 Å². The molecule has 0 bridgehead atoms. The number of amides is 1. The highest BCUT2D eigenvalue weighted by atomic mass is 16.6. The van der Waals surface area contributed by atoms with Crippen LogP contribution in [0.1, 0.15) is 48.0 Å². The second-order valence-corrected chi connectivity index (χ2v) is 7.58. The first kappa shape index (κ1) is 19.8. The van der Waals surface area contributed by atoms with E-state index in [9.17, 15) is 4.79 Å². The van der Waals surface area contributed by atoms with Crippen LogP contribution in [0.4, 0.5) is 22.2 Å². The molecule has 0 saturated carbocycles. The molecule has 8 nitrogen and oxygen atoms in total. The number of aromatic nitrogens is 2. The van der Waals surface area contributed by atoms with Crippen LogP contribution in [-0.4, -0.2) is 40.3 Å². The Morgan fingerprint density at radius 2 is 1.88 bits per heavy atom. The smallest absolute Gasteiger partial charge is 0.407 e. The maximum absolute atomic E-state index is 11.5. The number of nitrogens with two attached hydrogens (primary N) is 1. The monoisotopic (exact) mass is 338 g/mol. The van der Waals surface area contributed by atoms with Gasteiger partial charge in [0, 0.05) is 18.6 Å². The number of carbonyl (C=O) groups excluding carboxylic acids is 1. The Balaban J connectivity index is 2.40. The quantitative estimate of drug-likeness (QED) is 0.589. The van der Waals surface area contributed by atoms with Crippen LogP contribution >= 0.6 is 0 Å². The number of rotatable bonds is 6. The number of nitrogens with one attached hydrogen (secondary N) is 3. The summed E-state index contributed by atoms with van der Waals surface area (Å²) in [5.74, 6) is 1.10. The largest absolute Gasteiger partial charge is 0.444 e. The van der Waals surface area contributed by atoms with Gasteiger partial charge in [-0.25, -0.2) is 9.78 Å². The Labute approximate surface area is 144 Å². The van der Waals surface area contributed by atoms with Gasteiger partial charge in [0.2, 0.25) is 5.95 Å². The van der Waals surface area contributed by atoms with Gasteiger partial charge in [-0.05, 0) is 48.0 Å². The van der Waals surface area contributed by atoms with E-state index in [1.54, 1.807) is 6.20 Å². The average Bonchev–Trinajstić information content (AvgIpc) is 2.38. The molecule has 1 aromatic rings. The van der Waals surface area contributed by atoms with Gasteiger partial charge >= 0.3 is 6.09 Å². The zero-order valence-corrected chi connectivity index (χ0v) is 15.5. The number of carbonyl (C=O) groups is 1. The fourth-order valence-corrected chi connectivity index (χ4v) is 1.73. The predicted octanol–water partition coefficient (Wildman–Crippen LogP) is 2.60. The fraction of sp³-hybridized carbons (Fsp3) is 0.688. The summed E-state index contributed by atoms with van der Waals surface area (Å²) in [6.07, 6.45) is 1.87. The fourth-order valence-electron chi connectivity index (χ4n) is 1.73. The van der Waals surface area contributed by atoms with E-state index < -0.39 is 11.7 Å². The van der Waals surface area contributed by atoms with E-state index in [2.05, 4.69) is 25.9 Å². The molecule has 0 radical (unpaired) electrons. The van der Waals surface area contributed by atoms with Crippen LogP contribution in [0.15, 0.2) is 6.20 Å². The number of ether oxygens (including phenoxy) is 1. The normalized spacial score (nSPS) is 11.8. The first-order valence-electron chi connectivity index (χ1n) is 8.08. The van der Waals surface area contributed by atoms with Crippen molar-refractivity contribution in [2.24, 2.45) is 0 Å². The lowest BCUT2D eigenvalue weighted by molar-refractivity contribution is 0.0528. The van der Waals surface area contributed by atoms with E-state index >= 15 is 0 Å². The van der Waals surface area contributed by atoms with Crippen molar-refractivity contribution in [2.45, 2.75) is 59.1 Å². The summed E-state index contributed by atoms with van der Waals surface area (Å²) in [5.41, 5.74) is 5.74. The molecule has 1 rings (SSSR count). The number of nitrogens with zero attached hydrogens (tertiary/aromatic N) is 2. The molecule has 0 atom stereocenters. The van der Waals surface area contributed by atoms with Crippen LogP contribution in [0.2, 0.25) is 0 Å². The molecule has 5 N–H and O–H groups in total. The van der Waals surface area contributed by atoms with Gasteiger partial charge in [0.25, 0.3) is 0 Å². The molecular weight excluding hydrogens is 308 g/mol. The molecule has 0 spiro atoms. The Morgan fingerprint density at radius 3 is 2.46 bits per heavy atom. The SMILES string of the molecule is CC(C)(C)Nc1ncc(N)c(NCCCNC(=O)OC(C)(C)C)n1. The lowest BCUT2D eigenvalue weighted by Gasteiger charge is -2.21. The third kappa shape index (κ3) is 8.40. The summed E-state index contributed by atoms with van der Waals surface area (Å²) in [4.78, 5) is 20.1. The first-order valence-corrected chi connectivity index (χ1v) is 8.08. The molecule has 0 saturated heterocycles. The molecule has 0 fully saturated rings. The highest BCUT2D eigenvalue weighted by molar-refractivity contribution is 5.67. The van der Waals surface area contributed by atoms with Gasteiger partial charge in [0.15, 0.2) is 5.82 Å². The van der Waals surface area contributed by atoms with Crippen LogP contribution < -0.4 is 21.7 Å². The highest BCUT2D eigenvalue weighted by Gasteiger charge is 2.15. The van der Waals surface area contributed by atoms with Gasteiger partial charge in [-0.1, -0.05) is 0 Å². The lowest BCUT2D eigenvalue weighted by atomic mass is 10.1. The van der Waals surface area contributed by atoms with E-state index in [0.717, 1.165) is 0 Å². The second kappa shape index (κ2) is 8.03. The van der Waals surface area contributed by atoms with Gasteiger partial charge in [0.1, 0.15) is 5.60 Å². The highest BCUT2D eigenvalue weighted by Crippen LogP contribution is 2.18. The average molecular weight is 338 g/mol. The number of nitrogen functional groups attached to an aromatic ring is 1. The predicted molar refractivity (Wildman–Crippen MR) is 97.2 cm³/mol. The van der Waals surface area contributed by atoms with E-state index in [0.29, 0.717) is 37.0 Å². The minimum atomic E-state index is -0.492. The lowest BCUT2D eigenvalue weighted by Crippen LogP contribution is -2.33. The van der Waals surface area contributed by atoms with E-state index in [1.807, 2.05) is 41.5 Å². The second-order valence-electron chi connectivity index (χ2n) is 7.58. The summed E-state index contributed by atoms with van der Waals surface area (Å²) in [6, 6.07) is 0. The van der Waals surface area contributed by atoms with Gasteiger partial charge < -0.3 is 26.4 Å². The molecule has 1 amide bonds. The molecule has 0 unspecified atom stereocenters. The summed E-state index contributed by atoms with van der Waals surface area (Å²) in [6.45, 7) is 12.7. The Bertz CT molecular complexity index is 548. The topological polar surface area (TPSA) is 114 Å². The maximum Gasteiger partial charge on any atom is 0.407 e. The van der Waals surface area contributed by atoms with Gasteiger partial charge in [-0.15, -0.1) is 0 Å².